The summed E-state index contributed by atoms with van der Waals surface area (Å²) in [6, 6.07) is 8.52. The van der Waals surface area contributed by atoms with E-state index in [0.717, 1.165) is 0 Å². The van der Waals surface area contributed by atoms with Crippen molar-refractivity contribution in [1.29, 1.82) is 0 Å². The van der Waals surface area contributed by atoms with Gasteiger partial charge in [0.05, 0.1) is 5.75 Å². The molecule has 1 fully saturated rings. The number of anilines is 1. The van der Waals surface area contributed by atoms with E-state index in [9.17, 15) is 27.6 Å². The standard InChI is InChI=1S/C24H24N4O9S/c29-20(3-1-4-23(32)37-28-21(30)7-8-22(28)31)25-17-5-6-18-19(15-17)36-24(26-18)16-9-12-27(13-10-16)11-2-14-38(33,34)35/h5-6,9-10,12-13,15H,1-4,7-8,11,14H2,(H,33,34,35)/p+1. The zero-order valence-electron chi connectivity index (χ0n) is 20.2. The number of carbonyl (C=O) groups excluding carboxylic acids is 4. The lowest BCUT2D eigenvalue weighted by molar-refractivity contribution is -0.696. The SMILES string of the molecule is O=C(CCCC(=O)ON1C(=O)CCC1=O)Nc1ccc2nc(-c3cc[n+](CCCS(=O)(=O)O)cc3)oc2c1. The van der Waals surface area contributed by atoms with Crippen LogP contribution in [0.25, 0.3) is 22.6 Å². The number of hydroxylamine groups is 2. The van der Waals surface area contributed by atoms with Gasteiger partial charge in [-0.25, -0.2) is 14.3 Å². The van der Waals surface area contributed by atoms with E-state index in [1.807, 2.05) is 0 Å². The summed E-state index contributed by atoms with van der Waals surface area (Å²) in [4.78, 5) is 56.3. The minimum Gasteiger partial charge on any atom is -0.436 e. The van der Waals surface area contributed by atoms with Gasteiger partial charge in [-0.15, -0.1) is 5.06 Å². The van der Waals surface area contributed by atoms with Gasteiger partial charge in [-0.05, 0) is 18.6 Å². The molecule has 1 aliphatic rings. The minimum atomic E-state index is -3.99. The van der Waals surface area contributed by atoms with Crippen LogP contribution in [-0.2, 0) is 40.7 Å². The van der Waals surface area contributed by atoms with Crippen LogP contribution in [0.1, 0.15) is 38.5 Å². The predicted octanol–water partition coefficient (Wildman–Crippen LogP) is 1.78. The van der Waals surface area contributed by atoms with Crippen LogP contribution in [0.2, 0.25) is 0 Å². The number of oxazole rings is 1. The highest BCUT2D eigenvalue weighted by Crippen LogP contribution is 2.26. The topological polar surface area (TPSA) is 177 Å². The normalized spacial score (nSPS) is 13.8. The molecule has 0 unspecified atom stereocenters. The first-order valence-electron chi connectivity index (χ1n) is 11.8. The zero-order chi connectivity index (χ0) is 27.3. The van der Waals surface area contributed by atoms with Crippen molar-refractivity contribution in [2.45, 2.75) is 45.1 Å². The minimum absolute atomic E-state index is 0.0128. The third-order valence-electron chi connectivity index (χ3n) is 5.61. The van der Waals surface area contributed by atoms with Crippen molar-refractivity contribution in [1.82, 2.24) is 10.0 Å². The van der Waals surface area contributed by atoms with Crippen LogP contribution in [0, 0.1) is 0 Å². The molecule has 1 aliphatic heterocycles. The van der Waals surface area contributed by atoms with Gasteiger partial charge in [-0.1, -0.05) is 0 Å². The van der Waals surface area contributed by atoms with Crippen LogP contribution in [-0.4, -0.2) is 52.5 Å². The fraction of sp³-hybridized carbons (Fsp3) is 0.333. The Morgan fingerprint density at radius 1 is 1.08 bits per heavy atom. The smallest absolute Gasteiger partial charge is 0.333 e. The van der Waals surface area contributed by atoms with Crippen molar-refractivity contribution in [2.75, 3.05) is 11.1 Å². The first-order valence-corrected chi connectivity index (χ1v) is 13.4. The number of aryl methyl sites for hydroxylation is 1. The first kappa shape index (κ1) is 26.9. The second-order valence-electron chi connectivity index (χ2n) is 8.61. The average Bonchev–Trinajstić information content (AvgIpc) is 3.42. The van der Waals surface area contributed by atoms with Crippen LogP contribution in [0.3, 0.4) is 0 Å². The molecule has 3 amide bonds. The van der Waals surface area contributed by atoms with Gasteiger partial charge in [0.1, 0.15) is 12.1 Å². The van der Waals surface area contributed by atoms with Gasteiger partial charge < -0.3 is 14.6 Å². The van der Waals surface area contributed by atoms with Crippen molar-refractivity contribution in [3.63, 3.8) is 0 Å². The molecule has 0 atom stereocenters. The van der Waals surface area contributed by atoms with Gasteiger partial charge in [-0.2, -0.15) is 8.42 Å². The number of benzene rings is 1. The molecule has 3 heterocycles. The molecule has 0 radical (unpaired) electrons. The maximum atomic E-state index is 12.3. The highest BCUT2D eigenvalue weighted by atomic mass is 32.2. The summed E-state index contributed by atoms with van der Waals surface area (Å²) in [6.45, 7) is 0.412. The second kappa shape index (κ2) is 11.5. The Hall–Kier alpha value is -4.17. The quantitative estimate of drug-likeness (QED) is 0.205. The molecular formula is C24H25N4O9S+. The van der Waals surface area contributed by atoms with Crippen molar-refractivity contribution in [2.24, 2.45) is 0 Å². The number of nitrogens with one attached hydrogen (secondary N) is 1. The van der Waals surface area contributed by atoms with Crippen LogP contribution in [0.15, 0.2) is 47.1 Å². The molecule has 3 aromatic rings. The van der Waals surface area contributed by atoms with Crippen LogP contribution < -0.4 is 9.88 Å². The summed E-state index contributed by atoms with van der Waals surface area (Å²) in [5.41, 5.74) is 2.20. The fourth-order valence-corrected chi connectivity index (χ4v) is 4.22. The summed E-state index contributed by atoms with van der Waals surface area (Å²) < 4.78 is 38.1. The third kappa shape index (κ3) is 7.20. The molecule has 38 heavy (non-hydrogen) atoms. The largest absolute Gasteiger partial charge is 0.436 e. The van der Waals surface area contributed by atoms with Crippen LogP contribution in [0.5, 0.6) is 0 Å². The van der Waals surface area contributed by atoms with Gasteiger partial charge in [0.15, 0.2) is 18.0 Å². The van der Waals surface area contributed by atoms with Gasteiger partial charge in [0.2, 0.25) is 11.8 Å². The molecule has 14 heteroatoms. The molecule has 0 saturated carbocycles. The molecule has 1 saturated heterocycles. The predicted molar refractivity (Wildman–Crippen MR) is 130 cm³/mol. The highest BCUT2D eigenvalue weighted by Gasteiger charge is 2.32. The maximum Gasteiger partial charge on any atom is 0.333 e. The lowest BCUT2D eigenvalue weighted by Gasteiger charge is -2.12. The molecule has 200 valence electrons. The number of hydrogen-bond donors (Lipinski definition) is 2. The molecule has 0 bridgehead atoms. The monoisotopic (exact) mass is 545 g/mol. The van der Waals surface area contributed by atoms with E-state index >= 15 is 0 Å². The summed E-state index contributed by atoms with van der Waals surface area (Å²) in [5.74, 6) is -2.18. The molecule has 2 N–H and O–H groups in total. The van der Waals surface area contributed by atoms with E-state index in [2.05, 4.69) is 10.3 Å². The van der Waals surface area contributed by atoms with E-state index in [4.69, 9.17) is 13.8 Å². The lowest BCUT2D eigenvalue weighted by Crippen LogP contribution is -2.33. The Kier molecular flexibility index (Phi) is 8.12. The van der Waals surface area contributed by atoms with Gasteiger partial charge in [0.25, 0.3) is 21.9 Å². The van der Waals surface area contributed by atoms with Crippen LogP contribution in [0.4, 0.5) is 5.69 Å². The molecule has 1 aromatic carbocycles. The number of rotatable bonds is 11. The molecule has 13 nitrogen and oxygen atoms in total. The number of carbonyl (C=O) groups is 4. The lowest BCUT2D eigenvalue weighted by atomic mass is 10.2. The highest BCUT2D eigenvalue weighted by molar-refractivity contribution is 7.85. The number of imide groups is 1. The zero-order valence-corrected chi connectivity index (χ0v) is 21.0. The number of amides is 3. The fourth-order valence-electron chi connectivity index (χ4n) is 3.73. The summed E-state index contributed by atoms with van der Waals surface area (Å²) >= 11 is 0. The molecule has 0 aliphatic carbocycles. The van der Waals surface area contributed by atoms with Gasteiger partial charge in [0, 0.05) is 61.6 Å². The summed E-state index contributed by atoms with van der Waals surface area (Å²) in [5, 5.41) is 3.20. The molecular weight excluding hydrogens is 520 g/mol. The van der Waals surface area contributed by atoms with Gasteiger partial charge >= 0.3 is 5.97 Å². The van der Waals surface area contributed by atoms with E-state index < -0.39 is 27.9 Å². The summed E-state index contributed by atoms with van der Waals surface area (Å²) in [6.07, 6.45) is 3.84. The molecule has 2 aromatic heterocycles. The molecule has 0 spiro atoms. The Morgan fingerprint density at radius 3 is 2.47 bits per heavy atom. The van der Waals surface area contributed by atoms with Crippen LogP contribution >= 0.6 is 0 Å². The first-order chi connectivity index (χ1) is 18.1. The van der Waals surface area contributed by atoms with E-state index in [1.165, 1.54) is 0 Å². The number of hydrogen-bond acceptors (Lipinski definition) is 9. The van der Waals surface area contributed by atoms with E-state index in [-0.39, 0.29) is 50.2 Å². The Balaban J connectivity index is 1.28. The summed E-state index contributed by atoms with van der Waals surface area (Å²) in [7, 11) is -3.99. The van der Waals surface area contributed by atoms with E-state index in [0.29, 0.717) is 39.8 Å². The van der Waals surface area contributed by atoms with Crippen molar-refractivity contribution >= 4 is 50.6 Å². The van der Waals surface area contributed by atoms with Crippen molar-refractivity contribution < 1.29 is 46.0 Å². The Bertz CT molecular complexity index is 1470. The number of pyridine rings is 1. The Labute approximate surface area is 217 Å². The average molecular weight is 546 g/mol. The number of fused-ring (bicyclic) bond motifs is 1. The van der Waals surface area contributed by atoms with Crippen molar-refractivity contribution in [3.05, 3.63) is 42.7 Å². The number of nitrogens with zero attached hydrogens (tertiary/aromatic N) is 3. The van der Waals surface area contributed by atoms with Crippen molar-refractivity contribution in [3.8, 4) is 11.5 Å². The van der Waals surface area contributed by atoms with E-state index in [1.54, 1.807) is 47.3 Å². The number of aromatic nitrogens is 2. The third-order valence-corrected chi connectivity index (χ3v) is 6.42. The second-order valence-corrected chi connectivity index (χ2v) is 10.2. The Morgan fingerprint density at radius 2 is 1.79 bits per heavy atom. The molecule has 4 rings (SSSR count). The van der Waals surface area contributed by atoms with Gasteiger partial charge in [-0.3, -0.25) is 18.9 Å². The maximum absolute atomic E-state index is 12.3.